The van der Waals surface area contributed by atoms with Crippen molar-refractivity contribution in [3.05, 3.63) is 78.1 Å². The van der Waals surface area contributed by atoms with E-state index < -0.39 is 0 Å². The van der Waals surface area contributed by atoms with Crippen LogP contribution in [0, 0.1) is 17.7 Å². The maximum atomic E-state index is 13.3. The predicted octanol–water partition coefficient (Wildman–Crippen LogP) is 4.98. The molecule has 3 aromatic rings. The van der Waals surface area contributed by atoms with Gasteiger partial charge in [0.15, 0.2) is 5.82 Å². The highest BCUT2D eigenvalue weighted by molar-refractivity contribution is 5.80. The van der Waals surface area contributed by atoms with E-state index in [9.17, 15) is 9.18 Å². The van der Waals surface area contributed by atoms with Gasteiger partial charge in [0.05, 0.1) is 11.6 Å². The van der Waals surface area contributed by atoms with Crippen molar-refractivity contribution in [2.24, 2.45) is 11.8 Å². The van der Waals surface area contributed by atoms with E-state index in [4.69, 9.17) is 0 Å². The Hall–Kier alpha value is -3.28. The Labute approximate surface area is 200 Å². The van der Waals surface area contributed by atoms with Gasteiger partial charge in [0, 0.05) is 31.7 Å². The molecule has 1 unspecified atom stereocenters. The summed E-state index contributed by atoms with van der Waals surface area (Å²) in [7, 11) is 0. The Morgan fingerprint density at radius 3 is 2.35 bits per heavy atom. The summed E-state index contributed by atoms with van der Waals surface area (Å²) < 4.78 is 13.2. The van der Waals surface area contributed by atoms with Crippen LogP contribution >= 0.6 is 0 Å². The average Bonchev–Trinajstić information content (AvgIpc) is 2.90. The molecule has 1 amide bonds. The number of piperidine rings is 2. The van der Waals surface area contributed by atoms with Crippen molar-refractivity contribution < 1.29 is 9.18 Å². The van der Waals surface area contributed by atoms with Gasteiger partial charge < -0.3 is 9.80 Å². The van der Waals surface area contributed by atoms with Crippen LogP contribution < -0.4 is 4.90 Å². The third-order valence-electron chi connectivity index (χ3n) is 7.18. The van der Waals surface area contributed by atoms with Gasteiger partial charge >= 0.3 is 0 Å². The van der Waals surface area contributed by atoms with Crippen LogP contribution in [0.15, 0.2) is 66.7 Å². The van der Waals surface area contributed by atoms with Gasteiger partial charge in [0.2, 0.25) is 5.91 Å². The second-order valence-corrected chi connectivity index (χ2v) is 9.53. The van der Waals surface area contributed by atoms with E-state index in [-0.39, 0.29) is 11.7 Å². The molecule has 0 radical (unpaired) electrons. The summed E-state index contributed by atoms with van der Waals surface area (Å²) >= 11 is 0. The molecule has 2 fully saturated rings. The molecule has 1 aromatic heterocycles. The molecule has 2 aromatic carbocycles. The first-order valence-corrected chi connectivity index (χ1v) is 12.3. The molecule has 2 aliphatic heterocycles. The minimum absolute atomic E-state index is 0.0120. The highest BCUT2D eigenvalue weighted by Gasteiger charge is 2.32. The molecule has 3 heterocycles. The molecule has 5 nitrogen and oxygen atoms in total. The quantitative estimate of drug-likeness (QED) is 0.541. The van der Waals surface area contributed by atoms with Gasteiger partial charge in [-0.3, -0.25) is 4.79 Å². The Bertz CT molecular complexity index is 1080. The van der Waals surface area contributed by atoms with Gasteiger partial charge in [0.25, 0.3) is 0 Å². The number of rotatable bonds is 5. The fraction of sp³-hybridized carbons (Fsp3) is 0.393. The van der Waals surface area contributed by atoms with Gasteiger partial charge in [-0.1, -0.05) is 30.3 Å². The molecule has 0 aliphatic carbocycles. The highest BCUT2D eigenvalue weighted by atomic mass is 19.1. The van der Waals surface area contributed by atoms with E-state index in [0.29, 0.717) is 24.1 Å². The Balaban J connectivity index is 1.16. The Morgan fingerprint density at radius 2 is 1.65 bits per heavy atom. The lowest BCUT2D eigenvalue weighted by molar-refractivity contribution is -0.137. The molecule has 6 heteroatoms. The standard InChI is InChI=1S/C28H31FN4O/c29-25-10-8-23(9-11-25)26-12-13-27(31-30-26)33-16-4-7-24(20-33)28(34)32-17-14-22(15-18-32)19-21-5-2-1-3-6-21/h1-3,5-6,8-13,22,24H,4,7,14-20H2. The van der Waals surface area contributed by atoms with Crippen LogP contribution in [-0.4, -0.2) is 47.2 Å². The van der Waals surface area contributed by atoms with Crippen LogP contribution in [0.2, 0.25) is 0 Å². The molecule has 1 atom stereocenters. The molecule has 34 heavy (non-hydrogen) atoms. The normalized spacial score (nSPS) is 19.3. The van der Waals surface area contributed by atoms with Crippen molar-refractivity contribution >= 4 is 11.7 Å². The summed E-state index contributed by atoms with van der Waals surface area (Å²) in [6, 6.07) is 20.8. The fourth-order valence-corrected chi connectivity index (χ4v) is 5.22. The maximum absolute atomic E-state index is 13.3. The smallest absolute Gasteiger partial charge is 0.227 e. The zero-order valence-corrected chi connectivity index (χ0v) is 19.4. The number of aromatic nitrogens is 2. The van der Waals surface area contributed by atoms with Crippen LogP contribution in [0.5, 0.6) is 0 Å². The molecular weight excluding hydrogens is 427 g/mol. The first kappa shape index (κ1) is 22.5. The largest absolute Gasteiger partial charge is 0.354 e. The van der Waals surface area contributed by atoms with Gasteiger partial charge in [-0.15, -0.1) is 10.2 Å². The second kappa shape index (κ2) is 10.3. The summed E-state index contributed by atoms with van der Waals surface area (Å²) in [4.78, 5) is 17.6. The summed E-state index contributed by atoms with van der Waals surface area (Å²) in [6.45, 7) is 3.29. The Kier molecular flexibility index (Phi) is 6.84. The number of amides is 1. The minimum Gasteiger partial charge on any atom is -0.354 e. The maximum Gasteiger partial charge on any atom is 0.227 e. The monoisotopic (exact) mass is 458 g/mol. The lowest BCUT2D eigenvalue weighted by atomic mass is 9.89. The molecule has 2 saturated heterocycles. The van der Waals surface area contributed by atoms with Crippen LogP contribution in [0.3, 0.4) is 0 Å². The lowest BCUT2D eigenvalue weighted by Crippen LogP contribution is -2.47. The first-order valence-electron chi connectivity index (χ1n) is 12.3. The SMILES string of the molecule is O=C(C1CCCN(c2ccc(-c3ccc(F)cc3)nn2)C1)N1CCC(Cc2ccccc2)CC1. The molecule has 0 N–H and O–H groups in total. The number of hydrogen-bond acceptors (Lipinski definition) is 4. The van der Waals surface area contributed by atoms with E-state index in [1.165, 1.54) is 17.7 Å². The van der Waals surface area contributed by atoms with E-state index in [1.54, 1.807) is 12.1 Å². The fourth-order valence-electron chi connectivity index (χ4n) is 5.22. The summed E-state index contributed by atoms with van der Waals surface area (Å²) in [5, 5.41) is 8.76. The number of carbonyl (C=O) groups excluding carboxylic acids is 1. The molecular formula is C28H31FN4O. The average molecular weight is 459 g/mol. The van der Waals surface area contributed by atoms with E-state index >= 15 is 0 Å². The molecule has 0 saturated carbocycles. The third-order valence-corrected chi connectivity index (χ3v) is 7.18. The Morgan fingerprint density at radius 1 is 0.882 bits per heavy atom. The van der Waals surface area contributed by atoms with Crippen molar-refractivity contribution in [3.8, 4) is 11.3 Å². The topological polar surface area (TPSA) is 49.3 Å². The highest BCUT2D eigenvalue weighted by Crippen LogP contribution is 2.27. The number of hydrogen-bond donors (Lipinski definition) is 0. The number of nitrogens with zero attached hydrogens (tertiary/aromatic N) is 4. The van der Waals surface area contributed by atoms with E-state index in [2.05, 4.69) is 50.3 Å². The van der Waals surface area contributed by atoms with Crippen molar-refractivity contribution in [3.63, 3.8) is 0 Å². The number of benzene rings is 2. The van der Waals surface area contributed by atoms with Crippen molar-refractivity contribution in [2.75, 3.05) is 31.1 Å². The number of carbonyl (C=O) groups is 1. The molecule has 2 aliphatic rings. The summed E-state index contributed by atoms with van der Waals surface area (Å²) in [5.74, 6) is 1.49. The number of likely N-dealkylation sites (tertiary alicyclic amines) is 1. The number of anilines is 1. The zero-order chi connectivity index (χ0) is 23.3. The molecule has 0 bridgehead atoms. The third kappa shape index (κ3) is 5.27. The first-order chi connectivity index (χ1) is 16.7. The van der Waals surface area contributed by atoms with Gasteiger partial charge in [-0.25, -0.2) is 4.39 Å². The molecule has 0 spiro atoms. The van der Waals surface area contributed by atoms with Crippen molar-refractivity contribution in [2.45, 2.75) is 32.1 Å². The number of halogens is 1. The van der Waals surface area contributed by atoms with E-state index in [1.807, 2.05) is 12.1 Å². The van der Waals surface area contributed by atoms with Crippen LogP contribution in [-0.2, 0) is 11.2 Å². The lowest BCUT2D eigenvalue weighted by Gasteiger charge is -2.38. The molecule has 176 valence electrons. The van der Waals surface area contributed by atoms with Gasteiger partial charge in [-0.2, -0.15) is 0 Å². The molecule has 5 rings (SSSR count). The predicted molar refractivity (Wildman–Crippen MR) is 132 cm³/mol. The van der Waals surface area contributed by atoms with Crippen LogP contribution in [0.1, 0.15) is 31.2 Å². The summed E-state index contributed by atoms with van der Waals surface area (Å²) in [6.07, 6.45) is 5.16. The van der Waals surface area contributed by atoms with Crippen LogP contribution in [0.25, 0.3) is 11.3 Å². The van der Waals surface area contributed by atoms with Gasteiger partial charge in [-0.05, 0) is 80.0 Å². The zero-order valence-electron chi connectivity index (χ0n) is 19.4. The van der Waals surface area contributed by atoms with Crippen molar-refractivity contribution in [1.29, 1.82) is 0 Å². The van der Waals surface area contributed by atoms with Crippen LogP contribution in [0.4, 0.5) is 10.2 Å². The summed E-state index contributed by atoms with van der Waals surface area (Å²) in [5.41, 5.74) is 2.94. The minimum atomic E-state index is -0.266. The van der Waals surface area contributed by atoms with Gasteiger partial charge in [0.1, 0.15) is 5.82 Å². The second-order valence-electron chi connectivity index (χ2n) is 9.53. The van der Waals surface area contributed by atoms with Crippen molar-refractivity contribution in [1.82, 2.24) is 15.1 Å². The van der Waals surface area contributed by atoms with E-state index in [0.717, 1.165) is 63.1 Å².